The topological polar surface area (TPSA) is 38.3 Å². The summed E-state index contributed by atoms with van der Waals surface area (Å²) in [5.74, 6) is -0.563. The lowest BCUT2D eigenvalue weighted by atomic mass is 9.89. The average molecular weight is 223 g/mol. The Morgan fingerprint density at radius 1 is 1.38 bits per heavy atom. The second-order valence-electron chi connectivity index (χ2n) is 3.95. The van der Waals surface area contributed by atoms with Crippen LogP contribution in [0.3, 0.4) is 0 Å². The van der Waals surface area contributed by atoms with E-state index in [0.717, 1.165) is 12.1 Å². The summed E-state index contributed by atoms with van der Waals surface area (Å²) < 4.78 is 17.5. The molecule has 2 rings (SSSR count). The van der Waals surface area contributed by atoms with Crippen LogP contribution in [0.5, 0.6) is 0 Å². The quantitative estimate of drug-likeness (QED) is 0.768. The number of benzene rings is 1. The molecule has 1 fully saturated rings. The minimum absolute atomic E-state index is 0.0769. The number of hydrogen-bond donors (Lipinski definition) is 1. The van der Waals surface area contributed by atoms with Crippen LogP contribution in [-0.4, -0.2) is 26.2 Å². The molecular weight excluding hydrogens is 209 g/mol. The smallest absolute Gasteiger partial charge is 0.310 e. The largest absolute Gasteiger partial charge is 0.469 e. The average Bonchev–Trinajstić information content (AvgIpc) is 2.78. The van der Waals surface area contributed by atoms with E-state index in [1.165, 1.54) is 19.2 Å². The van der Waals surface area contributed by atoms with Crippen molar-refractivity contribution >= 4 is 5.97 Å². The second-order valence-corrected chi connectivity index (χ2v) is 3.95. The molecule has 0 spiro atoms. The third-order valence-electron chi connectivity index (χ3n) is 3.02. The van der Waals surface area contributed by atoms with E-state index >= 15 is 0 Å². The summed E-state index contributed by atoms with van der Waals surface area (Å²) in [6.07, 6.45) is 0. The van der Waals surface area contributed by atoms with Gasteiger partial charge in [-0.3, -0.25) is 4.79 Å². The highest BCUT2D eigenvalue weighted by molar-refractivity contribution is 5.74. The van der Waals surface area contributed by atoms with Crippen molar-refractivity contribution in [1.82, 2.24) is 5.32 Å². The Bertz CT molecular complexity index is 377. The first-order valence-corrected chi connectivity index (χ1v) is 5.26. The standard InChI is InChI=1S/C12H14FNO2/c1-16-12(15)11-7-14-6-10(11)8-2-4-9(13)5-3-8/h2-5,10-11,14H,6-7H2,1H3/t10-,11-/m1/s1. The summed E-state index contributed by atoms with van der Waals surface area (Å²) in [5.41, 5.74) is 0.974. The van der Waals surface area contributed by atoms with E-state index in [1.807, 2.05) is 0 Å². The maximum Gasteiger partial charge on any atom is 0.310 e. The van der Waals surface area contributed by atoms with Crippen LogP contribution in [-0.2, 0) is 9.53 Å². The summed E-state index contributed by atoms with van der Waals surface area (Å²) in [5, 5.41) is 3.16. The zero-order valence-corrected chi connectivity index (χ0v) is 9.07. The number of carbonyl (C=O) groups excluding carboxylic acids is 1. The lowest BCUT2D eigenvalue weighted by Crippen LogP contribution is -2.22. The zero-order chi connectivity index (χ0) is 11.5. The van der Waals surface area contributed by atoms with Crippen molar-refractivity contribution in [1.29, 1.82) is 0 Å². The van der Waals surface area contributed by atoms with Gasteiger partial charge in [0.15, 0.2) is 0 Å². The fourth-order valence-corrected chi connectivity index (χ4v) is 2.14. The number of ether oxygens (including phenoxy) is 1. The van der Waals surface area contributed by atoms with E-state index in [-0.39, 0.29) is 23.6 Å². The van der Waals surface area contributed by atoms with Gasteiger partial charge in [0.1, 0.15) is 5.82 Å². The molecule has 1 aliphatic heterocycles. The number of hydrogen-bond acceptors (Lipinski definition) is 3. The van der Waals surface area contributed by atoms with Crippen LogP contribution in [0.15, 0.2) is 24.3 Å². The minimum atomic E-state index is -0.260. The van der Waals surface area contributed by atoms with Crippen molar-refractivity contribution in [2.45, 2.75) is 5.92 Å². The first-order chi connectivity index (χ1) is 7.72. The van der Waals surface area contributed by atoms with Gasteiger partial charge in [0.25, 0.3) is 0 Å². The van der Waals surface area contributed by atoms with Crippen LogP contribution in [0.1, 0.15) is 11.5 Å². The van der Waals surface area contributed by atoms with E-state index < -0.39 is 0 Å². The molecule has 1 saturated heterocycles. The second kappa shape index (κ2) is 4.61. The summed E-state index contributed by atoms with van der Waals surface area (Å²) in [7, 11) is 1.39. The summed E-state index contributed by atoms with van der Waals surface area (Å²) in [6.45, 7) is 1.35. The maximum atomic E-state index is 12.8. The molecule has 0 aromatic heterocycles. The first kappa shape index (κ1) is 11.1. The molecule has 1 aromatic rings. The number of carbonyl (C=O) groups is 1. The highest BCUT2D eigenvalue weighted by Crippen LogP contribution is 2.28. The normalized spacial score (nSPS) is 24.4. The number of rotatable bonds is 2. The van der Waals surface area contributed by atoms with Gasteiger partial charge < -0.3 is 10.1 Å². The summed E-state index contributed by atoms with van der Waals surface area (Å²) in [6, 6.07) is 6.29. The Kier molecular flexibility index (Phi) is 3.19. The molecule has 2 atom stereocenters. The molecule has 1 aliphatic rings. The molecule has 4 heteroatoms. The Morgan fingerprint density at radius 3 is 2.69 bits per heavy atom. The van der Waals surface area contributed by atoms with E-state index in [4.69, 9.17) is 4.74 Å². The van der Waals surface area contributed by atoms with E-state index in [0.29, 0.717) is 6.54 Å². The minimum Gasteiger partial charge on any atom is -0.469 e. The fraction of sp³-hybridized carbons (Fsp3) is 0.417. The predicted octanol–water partition coefficient (Wildman–Crippen LogP) is 1.30. The molecule has 0 bridgehead atoms. The third-order valence-corrected chi connectivity index (χ3v) is 3.02. The number of nitrogens with one attached hydrogen (secondary N) is 1. The van der Waals surface area contributed by atoms with Crippen LogP contribution < -0.4 is 5.32 Å². The molecule has 0 unspecified atom stereocenters. The molecule has 0 saturated carbocycles. The van der Waals surface area contributed by atoms with Gasteiger partial charge in [-0.25, -0.2) is 4.39 Å². The molecule has 1 heterocycles. The fourth-order valence-electron chi connectivity index (χ4n) is 2.14. The van der Waals surface area contributed by atoms with Crippen LogP contribution in [0, 0.1) is 11.7 Å². The number of methoxy groups -OCH3 is 1. The first-order valence-electron chi connectivity index (χ1n) is 5.26. The van der Waals surface area contributed by atoms with Crippen molar-refractivity contribution in [2.75, 3.05) is 20.2 Å². The van der Waals surface area contributed by atoms with Gasteiger partial charge in [-0.05, 0) is 17.7 Å². The van der Waals surface area contributed by atoms with E-state index in [1.54, 1.807) is 12.1 Å². The van der Waals surface area contributed by atoms with E-state index in [2.05, 4.69) is 5.32 Å². The molecule has 0 radical (unpaired) electrons. The van der Waals surface area contributed by atoms with Crippen LogP contribution in [0.2, 0.25) is 0 Å². The Labute approximate surface area is 93.6 Å². The monoisotopic (exact) mass is 223 g/mol. The van der Waals surface area contributed by atoms with Crippen molar-refractivity contribution in [3.8, 4) is 0 Å². The number of esters is 1. The lowest BCUT2D eigenvalue weighted by Gasteiger charge is -2.16. The SMILES string of the molecule is COC(=O)[C@@H]1CNC[C@@H]1c1ccc(F)cc1. The Morgan fingerprint density at radius 2 is 2.06 bits per heavy atom. The third kappa shape index (κ3) is 2.07. The summed E-state index contributed by atoms with van der Waals surface area (Å²) in [4.78, 5) is 11.5. The molecule has 3 nitrogen and oxygen atoms in total. The van der Waals surface area contributed by atoms with Crippen LogP contribution >= 0.6 is 0 Å². The van der Waals surface area contributed by atoms with Gasteiger partial charge in [-0.1, -0.05) is 12.1 Å². The van der Waals surface area contributed by atoms with Crippen molar-refractivity contribution in [2.24, 2.45) is 5.92 Å². The van der Waals surface area contributed by atoms with Crippen molar-refractivity contribution in [3.63, 3.8) is 0 Å². The van der Waals surface area contributed by atoms with Crippen molar-refractivity contribution < 1.29 is 13.9 Å². The Hall–Kier alpha value is -1.42. The van der Waals surface area contributed by atoms with Gasteiger partial charge in [0.05, 0.1) is 13.0 Å². The predicted molar refractivity (Wildman–Crippen MR) is 57.5 cm³/mol. The number of halogens is 1. The van der Waals surface area contributed by atoms with Gasteiger partial charge in [-0.2, -0.15) is 0 Å². The Balaban J connectivity index is 2.19. The summed E-state index contributed by atoms with van der Waals surface area (Å²) >= 11 is 0. The van der Waals surface area contributed by atoms with Gasteiger partial charge >= 0.3 is 5.97 Å². The molecule has 0 amide bonds. The van der Waals surface area contributed by atoms with Gasteiger partial charge in [0, 0.05) is 19.0 Å². The highest BCUT2D eigenvalue weighted by Gasteiger charge is 2.34. The lowest BCUT2D eigenvalue weighted by molar-refractivity contribution is -0.145. The molecule has 1 N–H and O–H groups in total. The van der Waals surface area contributed by atoms with Crippen molar-refractivity contribution in [3.05, 3.63) is 35.6 Å². The van der Waals surface area contributed by atoms with Crippen LogP contribution in [0.25, 0.3) is 0 Å². The highest BCUT2D eigenvalue weighted by atomic mass is 19.1. The van der Waals surface area contributed by atoms with E-state index in [9.17, 15) is 9.18 Å². The molecule has 0 aliphatic carbocycles. The molecule has 86 valence electrons. The van der Waals surface area contributed by atoms with Crippen LogP contribution in [0.4, 0.5) is 4.39 Å². The zero-order valence-electron chi connectivity index (χ0n) is 9.07. The molecular formula is C12H14FNO2. The molecule has 16 heavy (non-hydrogen) atoms. The molecule has 1 aromatic carbocycles. The van der Waals surface area contributed by atoms with Gasteiger partial charge in [0.2, 0.25) is 0 Å². The maximum absolute atomic E-state index is 12.8. The van der Waals surface area contributed by atoms with Gasteiger partial charge in [-0.15, -0.1) is 0 Å².